The SMILES string of the molecule is CCCC(C)(NC(=O)CCCc1nc(-c2cccs2)no1)C(=O)OC. The summed E-state index contributed by atoms with van der Waals surface area (Å²) in [4.78, 5) is 29.3. The molecule has 0 saturated heterocycles. The topological polar surface area (TPSA) is 94.3 Å². The van der Waals surface area contributed by atoms with E-state index in [1.54, 1.807) is 18.3 Å². The quantitative estimate of drug-likeness (QED) is 0.687. The number of methoxy groups -OCH3 is 1. The third-order valence-corrected chi connectivity index (χ3v) is 4.67. The number of nitrogens with one attached hydrogen (secondary N) is 1. The van der Waals surface area contributed by atoms with E-state index >= 15 is 0 Å². The van der Waals surface area contributed by atoms with Gasteiger partial charge in [-0.3, -0.25) is 4.79 Å². The van der Waals surface area contributed by atoms with E-state index in [4.69, 9.17) is 9.26 Å². The lowest BCUT2D eigenvalue weighted by Gasteiger charge is -2.27. The second-order valence-electron chi connectivity index (χ2n) is 5.96. The summed E-state index contributed by atoms with van der Waals surface area (Å²) in [6, 6.07) is 3.85. The number of rotatable bonds is 9. The summed E-state index contributed by atoms with van der Waals surface area (Å²) >= 11 is 1.54. The van der Waals surface area contributed by atoms with Crippen LogP contribution < -0.4 is 5.32 Å². The molecular weight excluding hydrogens is 342 g/mol. The van der Waals surface area contributed by atoms with Crippen molar-refractivity contribution in [1.82, 2.24) is 15.5 Å². The minimum Gasteiger partial charge on any atom is -0.467 e. The maximum absolute atomic E-state index is 12.2. The molecule has 2 heterocycles. The van der Waals surface area contributed by atoms with Gasteiger partial charge in [-0.1, -0.05) is 24.6 Å². The predicted octanol–water partition coefficient (Wildman–Crippen LogP) is 2.97. The zero-order chi connectivity index (χ0) is 18.3. The number of ether oxygens (including phenoxy) is 1. The average Bonchev–Trinajstić information content (AvgIpc) is 3.25. The molecule has 1 amide bonds. The number of aryl methyl sites for hydroxylation is 1. The van der Waals surface area contributed by atoms with Crippen molar-refractivity contribution in [3.05, 3.63) is 23.4 Å². The van der Waals surface area contributed by atoms with Crippen LogP contribution in [0, 0.1) is 0 Å². The van der Waals surface area contributed by atoms with Gasteiger partial charge in [0.25, 0.3) is 0 Å². The maximum atomic E-state index is 12.2. The molecule has 2 aromatic rings. The molecule has 0 aliphatic carbocycles. The van der Waals surface area contributed by atoms with Gasteiger partial charge in [-0.15, -0.1) is 11.3 Å². The first kappa shape index (κ1) is 19.1. The van der Waals surface area contributed by atoms with Crippen molar-refractivity contribution in [2.75, 3.05) is 7.11 Å². The lowest BCUT2D eigenvalue weighted by Crippen LogP contribution is -2.52. The van der Waals surface area contributed by atoms with Crippen LogP contribution >= 0.6 is 11.3 Å². The van der Waals surface area contributed by atoms with Crippen LogP contribution in [0.15, 0.2) is 22.0 Å². The molecule has 1 N–H and O–H groups in total. The van der Waals surface area contributed by atoms with E-state index in [2.05, 4.69) is 15.5 Å². The van der Waals surface area contributed by atoms with Gasteiger partial charge in [-0.25, -0.2) is 4.79 Å². The first-order valence-electron chi connectivity index (χ1n) is 8.24. The monoisotopic (exact) mass is 365 g/mol. The van der Waals surface area contributed by atoms with Gasteiger partial charge in [0.1, 0.15) is 5.54 Å². The normalized spacial score (nSPS) is 13.2. The van der Waals surface area contributed by atoms with Crippen molar-refractivity contribution < 1.29 is 18.8 Å². The fourth-order valence-corrected chi connectivity index (χ4v) is 3.22. The lowest BCUT2D eigenvalue weighted by molar-refractivity contribution is -0.150. The van der Waals surface area contributed by atoms with E-state index < -0.39 is 11.5 Å². The summed E-state index contributed by atoms with van der Waals surface area (Å²) in [5, 5.41) is 8.67. The molecule has 0 saturated carbocycles. The zero-order valence-corrected chi connectivity index (χ0v) is 15.5. The van der Waals surface area contributed by atoms with E-state index in [1.807, 2.05) is 24.4 Å². The molecule has 2 aromatic heterocycles. The fraction of sp³-hybridized carbons (Fsp3) is 0.529. The lowest BCUT2D eigenvalue weighted by atomic mass is 9.96. The van der Waals surface area contributed by atoms with Crippen LogP contribution in [-0.2, 0) is 20.7 Å². The molecule has 8 heteroatoms. The number of carbonyl (C=O) groups is 2. The Kier molecular flexibility index (Phi) is 6.69. The van der Waals surface area contributed by atoms with Gasteiger partial charge in [-0.05, 0) is 31.2 Å². The molecule has 136 valence electrons. The zero-order valence-electron chi connectivity index (χ0n) is 14.7. The largest absolute Gasteiger partial charge is 0.467 e. The summed E-state index contributed by atoms with van der Waals surface area (Å²) < 4.78 is 10.00. The molecule has 0 aliphatic rings. The first-order chi connectivity index (χ1) is 12.0. The molecule has 0 radical (unpaired) electrons. The summed E-state index contributed by atoms with van der Waals surface area (Å²) in [6.45, 7) is 3.64. The van der Waals surface area contributed by atoms with Gasteiger partial charge >= 0.3 is 5.97 Å². The molecule has 1 unspecified atom stereocenters. The van der Waals surface area contributed by atoms with Crippen molar-refractivity contribution in [2.24, 2.45) is 0 Å². The second-order valence-corrected chi connectivity index (χ2v) is 6.91. The van der Waals surface area contributed by atoms with E-state index in [-0.39, 0.29) is 12.3 Å². The van der Waals surface area contributed by atoms with E-state index in [0.29, 0.717) is 31.0 Å². The number of hydrogen-bond donors (Lipinski definition) is 1. The van der Waals surface area contributed by atoms with Gasteiger partial charge < -0.3 is 14.6 Å². The predicted molar refractivity (Wildman–Crippen MR) is 94.0 cm³/mol. The Morgan fingerprint density at radius 1 is 1.44 bits per heavy atom. The summed E-state index contributed by atoms with van der Waals surface area (Å²) in [5.74, 6) is 0.440. The van der Waals surface area contributed by atoms with Crippen LogP contribution in [0.1, 0.15) is 45.4 Å². The molecule has 7 nitrogen and oxygen atoms in total. The smallest absolute Gasteiger partial charge is 0.331 e. The Morgan fingerprint density at radius 2 is 2.24 bits per heavy atom. The highest BCUT2D eigenvalue weighted by atomic mass is 32.1. The number of carbonyl (C=O) groups excluding carboxylic acids is 2. The second kappa shape index (κ2) is 8.75. The standard InChI is InChI=1S/C17H23N3O4S/c1-4-10-17(2,16(22)23-3)19-13(21)8-5-9-14-18-15(20-24-14)12-7-6-11-25-12/h6-7,11H,4-5,8-10H2,1-3H3,(H,19,21). The number of thiophene rings is 1. The Balaban J connectivity index is 1.83. The Bertz CT molecular complexity index is 699. The van der Waals surface area contributed by atoms with Crippen LogP contribution in [0.3, 0.4) is 0 Å². The van der Waals surface area contributed by atoms with E-state index in [1.165, 1.54) is 7.11 Å². The maximum Gasteiger partial charge on any atom is 0.331 e. The molecule has 0 spiro atoms. The minimum absolute atomic E-state index is 0.195. The Hall–Kier alpha value is -2.22. The molecule has 0 aliphatic heterocycles. The van der Waals surface area contributed by atoms with Crippen LogP contribution in [0.25, 0.3) is 10.7 Å². The van der Waals surface area contributed by atoms with Gasteiger partial charge in [0.2, 0.25) is 17.6 Å². The molecule has 0 aromatic carbocycles. The molecule has 0 bridgehead atoms. The van der Waals surface area contributed by atoms with Crippen molar-refractivity contribution in [2.45, 2.75) is 51.5 Å². The summed E-state index contributed by atoms with van der Waals surface area (Å²) in [7, 11) is 1.32. The number of nitrogens with zero attached hydrogens (tertiary/aromatic N) is 2. The Morgan fingerprint density at radius 3 is 2.88 bits per heavy atom. The van der Waals surface area contributed by atoms with Crippen LogP contribution in [-0.4, -0.2) is 34.7 Å². The molecule has 2 rings (SSSR count). The molecule has 0 fully saturated rings. The van der Waals surface area contributed by atoms with Crippen molar-refractivity contribution in [3.63, 3.8) is 0 Å². The van der Waals surface area contributed by atoms with Crippen molar-refractivity contribution in [1.29, 1.82) is 0 Å². The minimum atomic E-state index is -0.989. The number of esters is 1. The third kappa shape index (κ3) is 5.12. The highest BCUT2D eigenvalue weighted by Gasteiger charge is 2.34. The van der Waals surface area contributed by atoms with Crippen molar-refractivity contribution >= 4 is 23.2 Å². The van der Waals surface area contributed by atoms with Gasteiger partial charge in [-0.2, -0.15) is 4.98 Å². The van der Waals surface area contributed by atoms with Crippen molar-refractivity contribution in [3.8, 4) is 10.7 Å². The molecule has 1 atom stereocenters. The van der Waals surface area contributed by atoms with Crippen LogP contribution in [0.4, 0.5) is 0 Å². The number of amides is 1. The van der Waals surface area contributed by atoms with Gasteiger partial charge in [0, 0.05) is 12.8 Å². The number of aromatic nitrogens is 2. The molecule has 25 heavy (non-hydrogen) atoms. The average molecular weight is 365 g/mol. The van der Waals surface area contributed by atoms with Gasteiger partial charge in [0.15, 0.2) is 0 Å². The van der Waals surface area contributed by atoms with Crippen LogP contribution in [0.2, 0.25) is 0 Å². The van der Waals surface area contributed by atoms with Gasteiger partial charge in [0.05, 0.1) is 12.0 Å². The third-order valence-electron chi connectivity index (χ3n) is 3.81. The highest BCUT2D eigenvalue weighted by Crippen LogP contribution is 2.21. The summed E-state index contributed by atoms with van der Waals surface area (Å²) in [5.41, 5.74) is -0.989. The fourth-order valence-electron chi connectivity index (χ4n) is 2.57. The number of hydrogen-bond acceptors (Lipinski definition) is 7. The molecular formula is C17H23N3O4S. The Labute approximate surface area is 150 Å². The van der Waals surface area contributed by atoms with Crippen LogP contribution in [0.5, 0.6) is 0 Å². The van der Waals surface area contributed by atoms with E-state index in [9.17, 15) is 9.59 Å². The van der Waals surface area contributed by atoms with E-state index in [0.717, 1.165) is 11.3 Å². The summed E-state index contributed by atoms with van der Waals surface area (Å²) in [6.07, 6.45) is 2.63. The highest BCUT2D eigenvalue weighted by molar-refractivity contribution is 7.13. The first-order valence-corrected chi connectivity index (χ1v) is 9.12.